The highest BCUT2D eigenvalue weighted by atomic mass is 32.2. The van der Waals surface area contributed by atoms with Crippen LogP contribution in [-0.2, 0) is 38.5 Å². The Hall–Kier alpha value is -2.20. The van der Waals surface area contributed by atoms with E-state index in [1.807, 2.05) is 27.7 Å². The first-order valence-corrected chi connectivity index (χ1v) is 20.4. The molecule has 1 amide bonds. The first-order valence-electron chi connectivity index (χ1n) is 18.7. The maximum atomic E-state index is 14.6. The quantitative estimate of drug-likeness (QED) is 0.131. The van der Waals surface area contributed by atoms with Gasteiger partial charge in [0.25, 0.3) is 0 Å². The smallest absolute Gasteiger partial charge is 0.227 e. The second kappa shape index (κ2) is 15.6. The molecule has 4 aliphatic rings. The van der Waals surface area contributed by atoms with Crippen molar-refractivity contribution < 1.29 is 37.1 Å². The Morgan fingerprint density at radius 1 is 1.04 bits per heavy atom. The SMILES string of the molecule is C=CCCC(=O)C(=O)[C@H](CCCC)CC(=O)[C@@H]1[C@@H]2C(CN1C(=O)[C@@H](CC(=O)CC1(C3COCCS3(=O)=O)CCCCC1)C(C)(C)C)C2(C)C. The number of ether oxygens (including phenoxy) is 1. The topological polar surface area (TPSA) is 132 Å². The van der Waals surface area contributed by atoms with Crippen LogP contribution in [0, 0.1) is 39.9 Å². The van der Waals surface area contributed by atoms with Crippen LogP contribution in [0.15, 0.2) is 12.7 Å². The fourth-order valence-electron chi connectivity index (χ4n) is 9.30. The number of allylic oxidation sites excluding steroid dienone is 1. The van der Waals surface area contributed by atoms with Gasteiger partial charge in [0.15, 0.2) is 21.4 Å². The van der Waals surface area contributed by atoms with E-state index in [9.17, 15) is 32.4 Å². The summed E-state index contributed by atoms with van der Waals surface area (Å²) in [6.45, 7) is 16.4. The van der Waals surface area contributed by atoms with Gasteiger partial charge in [-0.05, 0) is 53.8 Å². The van der Waals surface area contributed by atoms with Crippen LogP contribution in [-0.4, -0.2) is 79.2 Å². The highest BCUT2D eigenvalue weighted by Crippen LogP contribution is 2.65. The molecule has 0 N–H and O–H groups in total. The van der Waals surface area contributed by atoms with Gasteiger partial charge in [-0.3, -0.25) is 24.0 Å². The number of Topliss-reactive ketones (excluding diaryl/α,β-unsaturated/α-hetero) is 4. The molecule has 0 radical (unpaired) electrons. The van der Waals surface area contributed by atoms with Gasteiger partial charge in [0.2, 0.25) is 11.7 Å². The Bertz CT molecular complexity index is 1390. The molecule has 10 heteroatoms. The Balaban J connectivity index is 1.56. The van der Waals surface area contributed by atoms with Crippen molar-refractivity contribution in [1.29, 1.82) is 0 Å². The summed E-state index contributed by atoms with van der Waals surface area (Å²) >= 11 is 0. The zero-order chi connectivity index (χ0) is 36.4. The Morgan fingerprint density at radius 2 is 1.71 bits per heavy atom. The van der Waals surface area contributed by atoms with E-state index in [2.05, 4.69) is 20.4 Å². The predicted octanol–water partition coefficient (Wildman–Crippen LogP) is 6.12. The molecule has 2 saturated heterocycles. The second-order valence-electron chi connectivity index (χ2n) is 17.2. The first-order chi connectivity index (χ1) is 22.9. The third kappa shape index (κ3) is 8.65. The van der Waals surface area contributed by atoms with Crippen LogP contribution < -0.4 is 0 Å². The molecule has 2 aliphatic carbocycles. The molecule has 0 aromatic heterocycles. The summed E-state index contributed by atoms with van der Waals surface area (Å²) in [5, 5.41) is -0.719. The highest BCUT2D eigenvalue weighted by Gasteiger charge is 2.69. The third-order valence-electron chi connectivity index (χ3n) is 12.5. The number of piperidine rings is 1. The van der Waals surface area contributed by atoms with Gasteiger partial charge >= 0.3 is 0 Å². The average molecular weight is 704 g/mol. The molecule has 9 nitrogen and oxygen atoms in total. The lowest BCUT2D eigenvalue weighted by atomic mass is 9.67. The number of ketones is 4. The van der Waals surface area contributed by atoms with Crippen LogP contribution in [0.25, 0.3) is 0 Å². The van der Waals surface area contributed by atoms with Crippen molar-refractivity contribution in [3.63, 3.8) is 0 Å². The van der Waals surface area contributed by atoms with Crippen LogP contribution >= 0.6 is 0 Å². The number of rotatable bonds is 17. The number of nitrogens with zero attached hydrogens (tertiary/aromatic N) is 1. The molecule has 2 unspecified atom stereocenters. The minimum atomic E-state index is -3.41. The molecule has 0 aromatic carbocycles. The fourth-order valence-corrected chi connectivity index (χ4v) is 11.3. The van der Waals surface area contributed by atoms with Gasteiger partial charge in [0.05, 0.1) is 30.3 Å². The van der Waals surface area contributed by atoms with Gasteiger partial charge < -0.3 is 9.64 Å². The summed E-state index contributed by atoms with van der Waals surface area (Å²) < 4.78 is 32.2. The Kier molecular flexibility index (Phi) is 12.6. The van der Waals surface area contributed by atoms with E-state index < -0.39 is 55.4 Å². The molecule has 4 fully saturated rings. The van der Waals surface area contributed by atoms with Gasteiger partial charge in [-0.15, -0.1) is 6.58 Å². The van der Waals surface area contributed by atoms with Crippen LogP contribution in [0.5, 0.6) is 0 Å². The van der Waals surface area contributed by atoms with E-state index in [-0.39, 0.29) is 79.4 Å². The number of amides is 1. The standard InChI is InChI=1S/C39H61NO8S/c1-8-10-15-26(35(44)30(42)16-11-9-2)21-31(43)34-33-29(38(33,6)7)24-40(34)36(45)28(37(3,4)5)22-27(41)23-39(17-13-12-14-18-39)32-25-48-19-20-49(32,46)47/h9,26,28-29,32-34H,2,8,10-25H2,1,3-7H3/t26-,28-,29?,32?,33+,34-/m1/s1. The zero-order valence-corrected chi connectivity index (χ0v) is 31.7. The normalized spacial score (nSPS) is 28.2. The Morgan fingerprint density at radius 3 is 2.31 bits per heavy atom. The van der Waals surface area contributed by atoms with Crippen molar-refractivity contribution >= 4 is 38.9 Å². The predicted molar refractivity (Wildman–Crippen MR) is 189 cm³/mol. The largest absolute Gasteiger partial charge is 0.379 e. The zero-order valence-electron chi connectivity index (χ0n) is 30.9. The van der Waals surface area contributed by atoms with E-state index >= 15 is 0 Å². The van der Waals surface area contributed by atoms with E-state index in [1.54, 1.807) is 11.0 Å². The van der Waals surface area contributed by atoms with Crippen molar-refractivity contribution in [1.82, 2.24) is 4.90 Å². The summed E-state index contributed by atoms with van der Waals surface area (Å²) in [6.07, 6.45) is 8.09. The van der Waals surface area contributed by atoms with Gasteiger partial charge in [-0.1, -0.05) is 79.7 Å². The van der Waals surface area contributed by atoms with Crippen molar-refractivity contribution in [2.45, 2.75) is 136 Å². The number of hydrogen-bond donors (Lipinski definition) is 0. The van der Waals surface area contributed by atoms with Crippen molar-refractivity contribution in [2.24, 2.45) is 39.9 Å². The molecule has 6 atom stereocenters. The molecule has 2 heterocycles. The van der Waals surface area contributed by atoms with E-state index in [4.69, 9.17) is 4.74 Å². The number of hydrogen-bond acceptors (Lipinski definition) is 8. The van der Waals surface area contributed by atoms with Gasteiger partial charge in [0.1, 0.15) is 5.78 Å². The third-order valence-corrected chi connectivity index (χ3v) is 14.7. The molecule has 2 aliphatic heterocycles. The lowest BCUT2D eigenvalue weighted by Crippen LogP contribution is -2.52. The lowest BCUT2D eigenvalue weighted by Gasteiger charge is -2.44. The molecule has 2 saturated carbocycles. The lowest BCUT2D eigenvalue weighted by molar-refractivity contribution is -0.148. The molecule has 0 aromatic rings. The molecular weight excluding hydrogens is 642 g/mol. The van der Waals surface area contributed by atoms with Crippen molar-refractivity contribution in [2.75, 3.05) is 25.5 Å². The van der Waals surface area contributed by atoms with Crippen molar-refractivity contribution in [3.8, 4) is 0 Å². The summed E-state index contributed by atoms with van der Waals surface area (Å²) in [5.41, 5.74) is -1.42. The maximum Gasteiger partial charge on any atom is 0.227 e. The number of likely N-dealkylation sites (tertiary alicyclic amines) is 1. The number of unbranched alkanes of at least 4 members (excludes halogenated alkanes) is 1. The average Bonchev–Trinajstić information content (AvgIpc) is 3.33. The monoisotopic (exact) mass is 703 g/mol. The number of carbonyl (C=O) groups excluding carboxylic acids is 5. The fraction of sp³-hybridized carbons (Fsp3) is 0.821. The number of sulfone groups is 1. The minimum absolute atomic E-state index is 0.0245. The molecular formula is C39H61NO8S. The van der Waals surface area contributed by atoms with Crippen LogP contribution in [0.1, 0.15) is 125 Å². The van der Waals surface area contributed by atoms with Gasteiger partial charge in [-0.25, -0.2) is 8.42 Å². The second-order valence-corrected chi connectivity index (χ2v) is 19.5. The van der Waals surface area contributed by atoms with Crippen LogP contribution in [0.2, 0.25) is 0 Å². The summed E-state index contributed by atoms with van der Waals surface area (Å²) in [4.78, 5) is 70.5. The van der Waals surface area contributed by atoms with E-state index in [1.165, 1.54) is 0 Å². The van der Waals surface area contributed by atoms with Gasteiger partial charge in [0, 0.05) is 44.1 Å². The van der Waals surface area contributed by atoms with Crippen LogP contribution in [0.3, 0.4) is 0 Å². The summed E-state index contributed by atoms with van der Waals surface area (Å²) in [6, 6.07) is -0.707. The first kappa shape index (κ1) is 39.6. The van der Waals surface area contributed by atoms with E-state index in [0.29, 0.717) is 38.6 Å². The number of fused-ring (bicyclic) bond motifs is 1. The Labute approximate surface area is 294 Å². The minimum Gasteiger partial charge on any atom is -0.379 e. The molecule has 49 heavy (non-hydrogen) atoms. The molecule has 0 spiro atoms. The number of carbonyl (C=O) groups is 5. The maximum absolute atomic E-state index is 14.6. The van der Waals surface area contributed by atoms with Crippen molar-refractivity contribution in [3.05, 3.63) is 12.7 Å². The molecule has 276 valence electrons. The van der Waals surface area contributed by atoms with Gasteiger partial charge in [-0.2, -0.15) is 0 Å². The molecule has 4 rings (SSSR count). The summed E-state index contributed by atoms with van der Waals surface area (Å²) in [7, 11) is -3.41. The highest BCUT2D eigenvalue weighted by molar-refractivity contribution is 7.92. The van der Waals surface area contributed by atoms with E-state index in [0.717, 1.165) is 25.7 Å². The summed E-state index contributed by atoms with van der Waals surface area (Å²) in [5.74, 6) is -2.86. The van der Waals surface area contributed by atoms with Crippen LogP contribution in [0.4, 0.5) is 0 Å². The molecule has 0 bridgehead atoms.